The van der Waals surface area contributed by atoms with Crippen LogP contribution < -0.4 is 9.47 Å². The van der Waals surface area contributed by atoms with Crippen LogP contribution in [-0.2, 0) is 4.74 Å². The number of H-pyrrole nitrogens is 1. The predicted octanol–water partition coefficient (Wildman–Crippen LogP) is 3.98. The molecule has 1 aromatic carbocycles. The number of nitrogens with zero attached hydrogens (tertiary/aromatic N) is 2. The van der Waals surface area contributed by atoms with Crippen molar-refractivity contribution in [2.75, 3.05) is 26.3 Å². The molecule has 2 aromatic rings. The van der Waals surface area contributed by atoms with Crippen molar-refractivity contribution < 1.29 is 19.0 Å². The van der Waals surface area contributed by atoms with Crippen molar-refractivity contribution in [3.05, 3.63) is 42.0 Å². The number of para-hydroxylation sites is 1. The number of benzene rings is 1. The largest absolute Gasteiger partial charge is 0.490 e. The molecule has 166 valence electrons. The molecule has 7 nitrogen and oxygen atoms in total. The first-order chi connectivity index (χ1) is 14.9. The highest BCUT2D eigenvalue weighted by molar-refractivity contribution is 5.92. The summed E-state index contributed by atoms with van der Waals surface area (Å²) in [6, 6.07) is 6.10. The number of carbonyl (C=O) groups is 1. The second-order valence-corrected chi connectivity index (χ2v) is 9.61. The van der Waals surface area contributed by atoms with Gasteiger partial charge in [0, 0.05) is 24.6 Å². The average molecular weight is 426 g/mol. The molecule has 1 N–H and O–H groups in total. The molecular formula is C24H31N3O4. The highest BCUT2D eigenvalue weighted by atomic mass is 16.5. The van der Waals surface area contributed by atoms with Crippen molar-refractivity contribution >= 4 is 5.91 Å². The van der Waals surface area contributed by atoms with Crippen LogP contribution >= 0.6 is 0 Å². The van der Waals surface area contributed by atoms with Crippen LogP contribution in [0.15, 0.2) is 30.7 Å². The van der Waals surface area contributed by atoms with E-state index in [1.54, 1.807) is 12.5 Å². The Balaban J connectivity index is 1.34. The third kappa shape index (κ3) is 3.49. The minimum Gasteiger partial charge on any atom is -0.490 e. The second kappa shape index (κ2) is 7.55. The Morgan fingerprint density at radius 3 is 2.84 bits per heavy atom. The maximum Gasteiger partial charge on any atom is 0.271 e. The zero-order valence-electron chi connectivity index (χ0n) is 18.5. The number of likely N-dealkylation sites (tertiary alicyclic amines) is 1. The monoisotopic (exact) mass is 425 g/mol. The summed E-state index contributed by atoms with van der Waals surface area (Å²) in [6.07, 6.45) is 6.07. The summed E-state index contributed by atoms with van der Waals surface area (Å²) in [7, 11) is 0. The molecule has 0 saturated carbocycles. The van der Waals surface area contributed by atoms with Gasteiger partial charge in [0.25, 0.3) is 5.91 Å². The lowest BCUT2D eigenvalue weighted by Gasteiger charge is -2.54. The molecule has 0 radical (unpaired) electrons. The maximum absolute atomic E-state index is 12.7. The number of fused-ring (bicyclic) bond motifs is 3. The lowest BCUT2D eigenvalue weighted by molar-refractivity contribution is -0.173. The molecule has 1 spiro atoms. The van der Waals surface area contributed by atoms with Crippen molar-refractivity contribution in [3.63, 3.8) is 0 Å². The van der Waals surface area contributed by atoms with Crippen LogP contribution in [0.2, 0.25) is 0 Å². The number of amides is 1. The lowest BCUT2D eigenvalue weighted by Crippen LogP contribution is -2.54. The van der Waals surface area contributed by atoms with Gasteiger partial charge in [-0.05, 0) is 51.5 Å². The van der Waals surface area contributed by atoms with E-state index in [1.807, 2.05) is 24.0 Å². The zero-order valence-corrected chi connectivity index (χ0v) is 18.5. The number of hydrogen-bond donors (Lipinski definition) is 1. The first-order valence-electron chi connectivity index (χ1n) is 11.3. The van der Waals surface area contributed by atoms with E-state index in [0.717, 1.165) is 49.4 Å². The number of aromatic nitrogens is 2. The van der Waals surface area contributed by atoms with Crippen molar-refractivity contribution in [2.24, 2.45) is 11.3 Å². The van der Waals surface area contributed by atoms with Gasteiger partial charge in [-0.2, -0.15) is 0 Å². The Hall–Kier alpha value is -2.54. The van der Waals surface area contributed by atoms with Gasteiger partial charge in [-0.15, -0.1) is 0 Å². The normalized spacial score (nSPS) is 26.0. The Kier molecular flexibility index (Phi) is 4.96. The van der Waals surface area contributed by atoms with Gasteiger partial charge in [-0.1, -0.05) is 12.1 Å². The van der Waals surface area contributed by atoms with Crippen LogP contribution in [-0.4, -0.2) is 52.7 Å². The molecular weight excluding hydrogens is 394 g/mol. The number of nitrogens with one attached hydrogen (secondary N) is 1. The fraction of sp³-hybridized carbons (Fsp3) is 0.583. The average Bonchev–Trinajstić information content (AvgIpc) is 3.30. The quantitative estimate of drug-likeness (QED) is 0.805. The van der Waals surface area contributed by atoms with E-state index >= 15 is 0 Å². The molecule has 0 bridgehead atoms. The first-order valence-corrected chi connectivity index (χ1v) is 11.3. The number of aromatic amines is 1. The fourth-order valence-corrected chi connectivity index (χ4v) is 5.48. The van der Waals surface area contributed by atoms with Crippen LogP contribution in [0.1, 0.15) is 62.2 Å². The summed E-state index contributed by atoms with van der Waals surface area (Å²) in [5.41, 5.74) is 1.37. The molecule has 7 heteroatoms. The van der Waals surface area contributed by atoms with E-state index in [2.05, 4.69) is 29.9 Å². The Bertz CT molecular complexity index is 948. The Labute approximate surface area is 183 Å². The SMILES string of the molecule is CCOc1cccc2c1OC(C)(C)[C@H]1CC3(CCN(C(=O)c4cnc[nH]4)CC3)CO[C@H]21. The molecule has 3 aliphatic heterocycles. The third-order valence-corrected chi connectivity index (χ3v) is 7.30. The van der Waals surface area contributed by atoms with Gasteiger partial charge in [0.05, 0.1) is 31.8 Å². The van der Waals surface area contributed by atoms with Crippen LogP contribution in [0.4, 0.5) is 0 Å². The van der Waals surface area contributed by atoms with Crippen LogP contribution in [0.25, 0.3) is 0 Å². The minimum atomic E-state index is -0.360. The van der Waals surface area contributed by atoms with Crippen molar-refractivity contribution in [1.82, 2.24) is 14.9 Å². The molecule has 2 saturated heterocycles. The third-order valence-electron chi connectivity index (χ3n) is 7.30. The molecule has 3 aliphatic rings. The van der Waals surface area contributed by atoms with Crippen LogP contribution in [0, 0.1) is 11.3 Å². The number of imidazole rings is 1. The summed E-state index contributed by atoms with van der Waals surface area (Å²) in [4.78, 5) is 21.5. The number of ether oxygens (including phenoxy) is 3. The van der Waals surface area contributed by atoms with E-state index in [4.69, 9.17) is 14.2 Å². The van der Waals surface area contributed by atoms with Crippen LogP contribution in [0.3, 0.4) is 0 Å². The van der Waals surface area contributed by atoms with Crippen molar-refractivity contribution in [3.8, 4) is 11.5 Å². The molecule has 31 heavy (non-hydrogen) atoms. The van der Waals surface area contributed by atoms with Gasteiger partial charge in [-0.25, -0.2) is 4.98 Å². The molecule has 1 aromatic heterocycles. The van der Waals surface area contributed by atoms with Gasteiger partial charge in [0.1, 0.15) is 11.3 Å². The smallest absolute Gasteiger partial charge is 0.271 e. The zero-order chi connectivity index (χ0) is 21.6. The summed E-state index contributed by atoms with van der Waals surface area (Å²) in [5, 5.41) is 0. The molecule has 0 unspecified atom stereocenters. The highest BCUT2D eigenvalue weighted by Crippen LogP contribution is 2.57. The maximum atomic E-state index is 12.7. The van der Waals surface area contributed by atoms with Crippen molar-refractivity contribution in [2.45, 2.75) is 51.7 Å². The second-order valence-electron chi connectivity index (χ2n) is 9.61. The minimum absolute atomic E-state index is 0.00874. The van der Waals surface area contributed by atoms with E-state index in [-0.39, 0.29) is 28.9 Å². The number of hydrogen-bond acceptors (Lipinski definition) is 5. The standard InChI is InChI=1S/C24H31N3O4/c1-4-29-19-7-5-6-16-20-17(23(2,3)31-21(16)19)12-24(14-30-20)8-10-27(11-9-24)22(28)18-13-25-15-26-18/h5-7,13,15,17,20H,4,8-12,14H2,1-3H3,(H,25,26)/t17-,20+/m0/s1. The Morgan fingerprint density at radius 1 is 1.32 bits per heavy atom. The summed E-state index contributed by atoms with van der Waals surface area (Å²) in [5.74, 6) is 1.90. The predicted molar refractivity (Wildman–Crippen MR) is 115 cm³/mol. The van der Waals surface area contributed by atoms with Gasteiger partial charge >= 0.3 is 0 Å². The number of carbonyl (C=O) groups excluding carboxylic acids is 1. The Morgan fingerprint density at radius 2 is 2.13 bits per heavy atom. The lowest BCUT2D eigenvalue weighted by atomic mass is 9.64. The molecule has 2 fully saturated rings. The molecule has 5 rings (SSSR count). The topological polar surface area (TPSA) is 76.7 Å². The summed E-state index contributed by atoms with van der Waals surface area (Å²) < 4.78 is 18.9. The van der Waals surface area contributed by atoms with Crippen LogP contribution in [0.5, 0.6) is 11.5 Å². The molecule has 0 aliphatic carbocycles. The van der Waals surface area contributed by atoms with E-state index < -0.39 is 0 Å². The van der Waals surface area contributed by atoms with Crippen molar-refractivity contribution in [1.29, 1.82) is 0 Å². The van der Waals surface area contributed by atoms with E-state index in [9.17, 15) is 4.79 Å². The van der Waals surface area contributed by atoms with E-state index in [0.29, 0.717) is 18.9 Å². The first kappa shape index (κ1) is 20.4. The molecule has 4 heterocycles. The summed E-state index contributed by atoms with van der Waals surface area (Å²) in [6.45, 7) is 9.11. The fourth-order valence-electron chi connectivity index (χ4n) is 5.48. The van der Waals surface area contributed by atoms with Gasteiger partial charge in [-0.3, -0.25) is 4.79 Å². The number of piperidine rings is 1. The molecule has 2 atom stereocenters. The summed E-state index contributed by atoms with van der Waals surface area (Å²) >= 11 is 0. The molecule has 1 amide bonds. The van der Waals surface area contributed by atoms with E-state index in [1.165, 1.54) is 0 Å². The highest BCUT2D eigenvalue weighted by Gasteiger charge is 2.53. The van der Waals surface area contributed by atoms with Gasteiger partial charge in [0.2, 0.25) is 0 Å². The number of rotatable bonds is 3. The van der Waals surface area contributed by atoms with Gasteiger partial charge < -0.3 is 24.1 Å². The van der Waals surface area contributed by atoms with Gasteiger partial charge in [0.15, 0.2) is 11.5 Å².